The molecule has 0 fully saturated rings. The molecule has 0 spiro atoms. The monoisotopic (exact) mass is 322 g/mol. The molecule has 2 aromatic rings. The Balaban J connectivity index is 2.19. The van der Waals surface area contributed by atoms with Crippen molar-refractivity contribution in [1.29, 1.82) is 0 Å². The minimum atomic E-state index is -0.364. The Bertz CT molecular complexity index is 587. The highest BCUT2D eigenvalue weighted by Gasteiger charge is 2.08. The third-order valence-corrected chi connectivity index (χ3v) is 3.09. The maximum absolute atomic E-state index is 13.2. The molecule has 19 heavy (non-hydrogen) atoms. The fourth-order valence-corrected chi connectivity index (χ4v) is 2.06. The summed E-state index contributed by atoms with van der Waals surface area (Å²) in [4.78, 5) is 0. The van der Waals surface area contributed by atoms with Crippen LogP contribution in [0.5, 0.6) is 5.75 Å². The number of benzene rings is 2. The second-order valence-corrected chi connectivity index (χ2v) is 4.59. The number of anilines is 1. The number of nitrogens with one attached hydrogen (secondary N) is 1. The molecule has 0 saturated heterocycles. The average Bonchev–Trinajstić information content (AvgIpc) is 2.42. The van der Waals surface area contributed by atoms with Crippen LogP contribution in [0.25, 0.3) is 0 Å². The number of para-hydroxylation sites is 1. The SMILES string of the molecule is COc1cc(F)cc(Br)c1C=NNc1ccccc1. The predicted molar refractivity (Wildman–Crippen MR) is 78.3 cm³/mol. The molecule has 2 rings (SSSR count). The van der Waals surface area contributed by atoms with Gasteiger partial charge in [0.2, 0.25) is 0 Å². The van der Waals surface area contributed by atoms with Crippen molar-refractivity contribution < 1.29 is 9.13 Å². The van der Waals surface area contributed by atoms with Gasteiger partial charge in [0.15, 0.2) is 0 Å². The first-order valence-corrected chi connectivity index (χ1v) is 6.37. The first kappa shape index (κ1) is 13.5. The Kier molecular flexibility index (Phi) is 4.52. The maximum Gasteiger partial charge on any atom is 0.131 e. The topological polar surface area (TPSA) is 33.6 Å². The highest BCUT2D eigenvalue weighted by molar-refractivity contribution is 9.10. The van der Waals surface area contributed by atoms with Gasteiger partial charge in [-0.2, -0.15) is 5.10 Å². The zero-order chi connectivity index (χ0) is 13.7. The fourth-order valence-electron chi connectivity index (χ4n) is 1.54. The van der Waals surface area contributed by atoms with Crippen molar-refractivity contribution in [1.82, 2.24) is 0 Å². The van der Waals surface area contributed by atoms with Crippen LogP contribution >= 0.6 is 15.9 Å². The van der Waals surface area contributed by atoms with Crippen LogP contribution in [0.2, 0.25) is 0 Å². The fraction of sp³-hybridized carbons (Fsp3) is 0.0714. The Morgan fingerprint density at radius 2 is 2.00 bits per heavy atom. The number of methoxy groups -OCH3 is 1. The first-order valence-electron chi connectivity index (χ1n) is 5.58. The smallest absolute Gasteiger partial charge is 0.131 e. The molecule has 0 aliphatic carbocycles. The summed E-state index contributed by atoms with van der Waals surface area (Å²) in [6.07, 6.45) is 1.58. The van der Waals surface area contributed by atoms with E-state index < -0.39 is 0 Å². The third-order valence-electron chi connectivity index (χ3n) is 2.44. The van der Waals surface area contributed by atoms with Crippen molar-refractivity contribution >= 4 is 27.8 Å². The lowest BCUT2D eigenvalue weighted by molar-refractivity contribution is 0.410. The number of hydrazone groups is 1. The van der Waals surface area contributed by atoms with E-state index in [1.165, 1.54) is 19.2 Å². The number of rotatable bonds is 4. The van der Waals surface area contributed by atoms with E-state index in [-0.39, 0.29) is 5.82 Å². The lowest BCUT2D eigenvalue weighted by Gasteiger charge is -2.07. The largest absolute Gasteiger partial charge is 0.496 e. The van der Waals surface area contributed by atoms with Crippen molar-refractivity contribution in [3.8, 4) is 5.75 Å². The van der Waals surface area contributed by atoms with Gasteiger partial charge in [-0.05, 0) is 34.1 Å². The van der Waals surface area contributed by atoms with Crippen molar-refractivity contribution in [3.05, 3.63) is 58.3 Å². The molecule has 0 radical (unpaired) electrons. The van der Waals surface area contributed by atoms with Crippen LogP contribution in [-0.4, -0.2) is 13.3 Å². The Morgan fingerprint density at radius 1 is 1.26 bits per heavy atom. The van der Waals surface area contributed by atoms with Crippen LogP contribution in [0, 0.1) is 5.82 Å². The quantitative estimate of drug-likeness (QED) is 0.680. The first-order chi connectivity index (χ1) is 9.20. The number of nitrogens with zero attached hydrogens (tertiary/aromatic N) is 1. The molecule has 0 unspecified atom stereocenters. The molecule has 0 amide bonds. The molecule has 0 aromatic heterocycles. The van der Waals surface area contributed by atoms with Crippen molar-refractivity contribution in [2.45, 2.75) is 0 Å². The summed E-state index contributed by atoms with van der Waals surface area (Å²) in [5.74, 6) is 0.0578. The molecule has 0 bridgehead atoms. The van der Waals surface area contributed by atoms with Gasteiger partial charge >= 0.3 is 0 Å². The molecule has 2 aromatic carbocycles. The van der Waals surface area contributed by atoms with E-state index in [4.69, 9.17) is 4.74 Å². The van der Waals surface area contributed by atoms with E-state index in [0.29, 0.717) is 15.8 Å². The molecule has 0 saturated carbocycles. The van der Waals surface area contributed by atoms with Crippen LogP contribution in [0.4, 0.5) is 10.1 Å². The van der Waals surface area contributed by atoms with Crippen LogP contribution in [-0.2, 0) is 0 Å². The molecular weight excluding hydrogens is 311 g/mol. The highest BCUT2D eigenvalue weighted by Crippen LogP contribution is 2.26. The molecule has 0 aliphatic heterocycles. The summed E-state index contributed by atoms with van der Waals surface area (Å²) < 4.78 is 18.9. The number of ether oxygens (including phenoxy) is 1. The zero-order valence-corrected chi connectivity index (χ0v) is 11.8. The summed E-state index contributed by atoms with van der Waals surface area (Å²) in [5.41, 5.74) is 4.43. The number of halogens is 2. The second kappa shape index (κ2) is 6.33. The highest BCUT2D eigenvalue weighted by atomic mass is 79.9. The zero-order valence-electron chi connectivity index (χ0n) is 10.2. The molecule has 0 aliphatic rings. The van der Waals surface area contributed by atoms with Gasteiger partial charge in [0.05, 0.1) is 24.6 Å². The Morgan fingerprint density at radius 3 is 2.68 bits per heavy atom. The van der Waals surface area contributed by atoms with E-state index in [1.54, 1.807) is 6.21 Å². The Labute approximate surface area is 119 Å². The third kappa shape index (κ3) is 3.54. The van der Waals surface area contributed by atoms with E-state index in [9.17, 15) is 4.39 Å². The predicted octanol–water partition coefficient (Wildman–Crippen LogP) is 4.04. The summed E-state index contributed by atoms with van der Waals surface area (Å²) in [5, 5.41) is 4.10. The van der Waals surface area contributed by atoms with Crippen LogP contribution in [0.3, 0.4) is 0 Å². The van der Waals surface area contributed by atoms with Crippen molar-refractivity contribution in [3.63, 3.8) is 0 Å². The normalized spacial score (nSPS) is 10.7. The molecule has 5 heteroatoms. The van der Waals surface area contributed by atoms with Gasteiger partial charge in [-0.1, -0.05) is 18.2 Å². The number of hydrogen-bond acceptors (Lipinski definition) is 3. The van der Waals surface area contributed by atoms with Crippen molar-refractivity contribution in [2.75, 3.05) is 12.5 Å². The van der Waals surface area contributed by atoms with E-state index in [2.05, 4.69) is 26.5 Å². The van der Waals surface area contributed by atoms with Crippen LogP contribution in [0.1, 0.15) is 5.56 Å². The molecule has 0 heterocycles. The van der Waals surface area contributed by atoms with Gasteiger partial charge in [0.25, 0.3) is 0 Å². The summed E-state index contributed by atoms with van der Waals surface area (Å²) in [7, 11) is 1.49. The summed E-state index contributed by atoms with van der Waals surface area (Å²) >= 11 is 3.29. The molecule has 3 nitrogen and oxygen atoms in total. The average molecular weight is 323 g/mol. The summed E-state index contributed by atoms with van der Waals surface area (Å²) in [6.45, 7) is 0. The summed E-state index contributed by atoms with van der Waals surface area (Å²) in [6, 6.07) is 12.2. The van der Waals surface area contributed by atoms with E-state index in [1.807, 2.05) is 30.3 Å². The second-order valence-electron chi connectivity index (χ2n) is 3.74. The van der Waals surface area contributed by atoms with Crippen molar-refractivity contribution in [2.24, 2.45) is 5.10 Å². The molecular formula is C14H12BrFN2O. The van der Waals surface area contributed by atoms with Gasteiger partial charge in [-0.25, -0.2) is 4.39 Å². The van der Waals surface area contributed by atoms with Crippen LogP contribution < -0.4 is 10.2 Å². The van der Waals surface area contributed by atoms with E-state index in [0.717, 1.165) is 5.69 Å². The number of hydrogen-bond donors (Lipinski definition) is 1. The minimum absolute atomic E-state index is 0.364. The van der Waals surface area contributed by atoms with Gasteiger partial charge in [-0.3, -0.25) is 5.43 Å². The molecule has 0 atom stereocenters. The van der Waals surface area contributed by atoms with Crippen LogP contribution in [0.15, 0.2) is 52.0 Å². The maximum atomic E-state index is 13.2. The van der Waals surface area contributed by atoms with Gasteiger partial charge in [-0.15, -0.1) is 0 Å². The molecule has 98 valence electrons. The lowest BCUT2D eigenvalue weighted by atomic mass is 10.2. The standard InChI is InChI=1S/C14H12BrFN2O/c1-19-14-8-10(16)7-13(15)12(14)9-17-18-11-5-3-2-4-6-11/h2-9,18H,1H3. The molecule has 1 N–H and O–H groups in total. The van der Waals surface area contributed by atoms with Gasteiger partial charge in [0, 0.05) is 10.5 Å². The minimum Gasteiger partial charge on any atom is -0.496 e. The Hall–Kier alpha value is -1.88. The van der Waals surface area contributed by atoms with Gasteiger partial charge in [0.1, 0.15) is 11.6 Å². The lowest BCUT2D eigenvalue weighted by Crippen LogP contribution is -1.96. The van der Waals surface area contributed by atoms with E-state index >= 15 is 0 Å². The van der Waals surface area contributed by atoms with Gasteiger partial charge < -0.3 is 4.74 Å².